The molecule has 0 aromatic heterocycles. The van der Waals surface area contributed by atoms with Crippen molar-refractivity contribution in [1.29, 1.82) is 0 Å². The predicted molar refractivity (Wildman–Crippen MR) is 86.3 cm³/mol. The van der Waals surface area contributed by atoms with E-state index in [-0.39, 0.29) is 5.41 Å². The second-order valence-electron chi connectivity index (χ2n) is 7.29. The van der Waals surface area contributed by atoms with Gasteiger partial charge in [-0.05, 0) is 37.8 Å². The van der Waals surface area contributed by atoms with Crippen LogP contribution in [-0.4, -0.2) is 18.8 Å². The van der Waals surface area contributed by atoms with Gasteiger partial charge in [-0.15, -0.1) is 0 Å². The highest BCUT2D eigenvalue weighted by molar-refractivity contribution is 5.53. The molecule has 0 aliphatic heterocycles. The average Bonchev–Trinajstić information content (AvgIpc) is 2.34. The Labute approximate surface area is 123 Å². The first-order valence-electron chi connectivity index (χ1n) is 7.76. The second kappa shape index (κ2) is 5.77. The lowest BCUT2D eigenvalue weighted by Crippen LogP contribution is -2.58. The first-order valence-corrected chi connectivity index (χ1v) is 7.76. The van der Waals surface area contributed by atoms with Crippen molar-refractivity contribution < 1.29 is 4.74 Å². The third-order valence-corrected chi connectivity index (χ3v) is 4.52. The summed E-state index contributed by atoms with van der Waals surface area (Å²) in [6.07, 6.45) is 1.49. The molecular weight excluding hydrogens is 246 g/mol. The van der Waals surface area contributed by atoms with Crippen molar-refractivity contribution in [2.24, 2.45) is 11.3 Å². The van der Waals surface area contributed by atoms with Crippen molar-refractivity contribution in [1.82, 2.24) is 0 Å². The molecule has 0 saturated heterocycles. The molecular formula is C18H29NO. The number of aryl methyl sites for hydroxylation is 2. The lowest BCUT2D eigenvalue weighted by molar-refractivity contribution is -0.108. The minimum Gasteiger partial charge on any atom is -0.381 e. The van der Waals surface area contributed by atoms with Gasteiger partial charge in [0.1, 0.15) is 0 Å². The van der Waals surface area contributed by atoms with Crippen LogP contribution in [-0.2, 0) is 4.74 Å². The van der Waals surface area contributed by atoms with Crippen molar-refractivity contribution in [3.63, 3.8) is 0 Å². The number of anilines is 1. The predicted octanol–water partition coefficient (Wildman–Crippen LogP) is 4.56. The molecule has 2 nitrogen and oxygen atoms in total. The summed E-state index contributed by atoms with van der Waals surface area (Å²) in [7, 11) is 0. The zero-order valence-corrected chi connectivity index (χ0v) is 13.8. The summed E-state index contributed by atoms with van der Waals surface area (Å²) in [4.78, 5) is 0. The Morgan fingerprint density at radius 3 is 2.55 bits per heavy atom. The third-order valence-electron chi connectivity index (χ3n) is 4.52. The van der Waals surface area contributed by atoms with Gasteiger partial charge in [0.15, 0.2) is 0 Å². The second-order valence-corrected chi connectivity index (χ2v) is 7.29. The lowest BCUT2D eigenvalue weighted by atomic mass is 9.64. The molecule has 112 valence electrons. The van der Waals surface area contributed by atoms with E-state index in [1.807, 2.05) is 0 Å². The van der Waals surface area contributed by atoms with Gasteiger partial charge in [0.05, 0.1) is 6.10 Å². The first-order chi connectivity index (χ1) is 9.30. The number of hydrogen-bond donors (Lipinski definition) is 1. The molecule has 0 bridgehead atoms. The summed E-state index contributed by atoms with van der Waals surface area (Å²) in [5, 5.41) is 3.70. The molecule has 2 heteroatoms. The van der Waals surface area contributed by atoms with Crippen molar-refractivity contribution in [3.05, 3.63) is 29.3 Å². The zero-order chi connectivity index (χ0) is 14.9. The van der Waals surface area contributed by atoms with Gasteiger partial charge in [0.25, 0.3) is 0 Å². The van der Waals surface area contributed by atoms with E-state index >= 15 is 0 Å². The molecule has 1 saturated carbocycles. The van der Waals surface area contributed by atoms with E-state index in [0.29, 0.717) is 18.1 Å². The fourth-order valence-electron chi connectivity index (χ4n) is 2.89. The quantitative estimate of drug-likeness (QED) is 0.851. The van der Waals surface area contributed by atoms with E-state index in [2.05, 4.69) is 65.1 Å². The van der Waals surface area contributed by atoms with Crippen LogP contribution in [0.25, 0.3) is 0 Å². The van der Waals surface area contributed by atoms with Crippen LogP contribution in [0.15, 0.2) is 18.2 Å². The summed E-state index contributed by atoms with van der Waals surface area (Å²) in [5.41, 5.74) is 4.11. The first kappa shape index (κ1) is 15.4. The third kappa shape index (κ3) is 3.17. The highest BCUT2D eigenvalue weighted by Gasteiger charge is 2.49. The van der Waals surface area contributed by atoms with Crippen LogP contribution in [0.4, 0.5) is 5.69 Å². The number of hydrogen-bond acceptors (Lipinski definition) is 2. The van der Waals surface area contributed by atoms with E-state index < -0.39 is 0 Å². The van der Waals surface area contributed by atoms with Crippen molar-refractivity contribution in [2.75, 3.05) is 11.9 Å². The standard InChI is InChI=1S/C18H29NO/c1-12(2)11-20-17-10-16(18(17,5)6)19-15-8-7-13(3)9-14(15)4/h7-9,12,16-17,19H,10-11H2,1-6H3. The Kier molecular flexibility index (Phi) is 4.43. The van der Waals surface area contributed by atoms with Gasteiger partial charge in [-0.25, -0.2) is 0 Å². The molecule has 0 heterocycles. The van der Waals surface area contributed by atoms with Crippen LogP contribution in [0.2, 0.25) is 0 Å². The minimum atomic E-state index is 0.201. The minimum absolute atomic E-state index is 0.201. The lowest BCUT2D eigenvalue weighted by Gasteiger charge is -2.52. The Bertz CT molecular complexity index is 464. The molecule has 20 heavy (non-hydrogen) atoms. The van der Waals surface area contributed by atoms with Crippen LogP contribution in [0.5, 0.6) is 0 Å². The monoisotopic (exact) mass is 275 g/mol. The molecule has 1 aromatic rings. The molecule has 0 amide bonds. The summed E-state index contributed by atoms with van der Waals surface area (Å²) in [6.45, 7) is 14.2. The zero-order valence-electron chi connectivity index (χ0n) is 13.8. The highest BCUT2D eigenvalue weighted by atomic mass is 16.5. The molecule has 1 aromatic carbocycles. The van der Waals surface area contributed by atoms with Gasteiger partial charge >= 0.3 is 0 Å². The fourth-order valence-corrected chi connectivity index (χ4v) is 2.89. The van der Waals surface area contributed by atoms with Crippen molar-refractivity contribution >= 4 is 5.69 Å². The maximum atomic E-state index is 6.03. The van der Waals surface area contributed by atoms with Gasteiger partial charge in [-0.1, -0.05) is 45.4 Å². The van der Waals surface area contributed by atoms with Gasteiger partial charge in [-0.2, -0.15) is 0 Å². The highest BCUT2D eigenvalue weighted by Crippen LogP contribution is 2.44. The largest absolute Gasteiger partial charge is 0.381 e. The van der Waals surface area contributed by atoms with Crippen LogP contribution >= 0.6 is 0 Å². The normalized spacial score (nSPS) is 24.6. The van der Waals surface area contributed by atoms with Crippen molar-refractivity contribution in [3.8, 4) is 0 Å². The molecule has 1 aliphatic rings. The topological polar surface area (TPSA) is 21.3 Å². The van der Waals surface area contributed by atoms with Gasteiger partial charge < -0.3 is 10.1 Å². The summed E-state index contributed by atoms with van der Waals surface area (Å²) in [6, 6.07) is 7.11. The van der Waals surface area contributed by atoms with Gasteiger partial charge in [-0.3, -0.25) is 0 Å². The molecule has 2 atom stereocenters. The Balaban J connectivity index is 1.95. The van der Waals surface area contributed by atoms with E-state index in [0.717, 1.165) is 13.0 Å². The van der Waals surface area contributed by atoms with Crippen LogP contribution < -0.4 is 5.32 Å². The number of benzene rings is 1. The van der Waals surface area contributed by atoms with Gasteiger partial charge in [0, 0.05) is 23.8 Å². The molecule has 0 spiro atoms. The molecule has 1 aliphatic carbocycles. The Hall–Kier alpha value is -1.02. The molecule has 1 N–H and O–H groups in total. The fraction of sp³-hybridized carbons (Fsp3) is 0.667. The van der Waals surface area contributed by atoms with Crippen molar-refractivity contribution in [2.45, 2.75) is 60.1 Å². The number of ether oxygens (including phenoxy) is 1. The average molecular weight is 275 g/mol. The Morgan fingerprint density at radius 1 is 1.30 bits per heavy atom. The molecule has 0 radical (unpaired) electrons. The SMILES string of the molecule is Cc1ccc(NC2CC(OCC(C)C)C2(C)C)c(C)c1. The molecule has 2 unspecified atom stereocenters. The van der Waals surface area contributed by atoms with E-state index in [9.17, 15) is 0 Å². The summed E-state index contributed by atoms with van der Waals surface area (Å²) in [5.74, 6) is 0.608. The summed E-state index contributed by atoms with van der Waals surface area (Å²) < 4.78 is 6.03. The smallest absolute Gasteiger partial charge is 0.0665 e. The van der Waals surface area contributed by atoms with E-state index in [4.69, 9.17) is 4.74 Å². The maximum absolute atomic E-state index is 6.03. The van der Waals surface area contributed by atoms with E-state index in [1.54, 1.807) is 0 Å². The van der Waals surface area contributed by atoms with Crippen LogP contribution in [0.3, 0.4) is 0 Å². The molecule has 1 fully saturated rings. The molecule has 2 rings (SSSR count). The Morgan fingerprint density at radius 2 is 2.00 bits per heavy atom. The van der Waals surface area contributed by atoms with Crippen LogP contribution in [0.1, 0.15) is 45.2 Å². The summed E-state index contributed by atoms with van der Waals surface area (Å²) >= 11 is 0. The number of nitrogens with one attached hydrogen (secondary N) is 1. The number of rotatable bonds is 5. The van der Waals surface area contributed by atoms with Gasteiger partial charge in [0.2, 0.25) is 0 Å². The maximum Gasteiger partial charge on any atom is 0.0665 e. The van der Waals surface area contributed by atoms with E-state index in [1.165, 1.54) is 16.8 Å². The van der Waals surface area contributed by atoms with Crippen LogP contribution in [0, 0.1) is 25.2 Å².